The number of aromatic amines is 1. The molecular weight excluding hydrogens is 272 g/mol. The van der Waals surface area contributed by atoms with Crippen molar-refractivity contribution in [3.8, 4) is 0 Å². The maximum absolute atomic E-state index is 11.3. The van der Waals surface area contributed by atoms with E-state index in [1.165, 1.54) is 28.1 Å². The molecule has 0 atom stereocenters. The number of nitrogens with one attached hydrogen (secondary N) is 2. The zero-order chi connectivity index (χ0) is 13.1. The van der Waals surface area contributed by atoms with Crippen molar-refractivity contribution in [1.29, 1.82) is 0 Å². The first-order chi connectivity index (χ1) is 8.63. The van der Waals surface area contributed by atoms with Crippen LogP contribution in [0.25, 0.3) is 0 Å². The molecule has 0 aliphatic carbocycles. The lowest BCUT2D eigenvalue weighted by atomic mass is 10.6. The summed E-state index contributed by atoms with van der Waals surface area (Å²) in [5.74, 6) is 0.734. The molecule has 9 heteroatoms. The minimum Gasteiger partial charge on any atom is -0.373 e. The molecule has 0 aliphatic heterocycles. The third-order valence-electron chi connectivity index (χ3n) is 2.16. The Morgan fingerprint density at radius 1 is 1.44 bits per heavy atom. The van der Waals surface area contributed by atoms with E-state index in [9.17, 15) is 4.79 Å². The molecular formula is C9H12N6OS2. The van der Waals surface area contributed by atoms with Crippen LogP contribution in [-0.2, 0) is 7.05 Å². The fourth-order valence-corrected chi connectivity index (χ4v) is 2.43. The van der Waals surface area contributed by atoms with E-state index in [-0.39, 0.29) is 5.69 Å². The lowest BCUT2D eigenvalue weighted by Gasteiger charge is -2.05. The van der Waals surface area contributed by atoms with Crippen LogP contribution in [0, 0.1) is 0 Å². The fourth-order valence-electron chi connectivity index (χ4n) is 1.19. The monoisotopic (exact) mass is 284 g/mol. The Bertz CT molecular complexity index is 585. The van der Waals surface area contributed by atoms with Gasteiger partial charge in [-0.05, 0) is 18.0 Å². The molecule has 0 aromatic carbocycles. The summed E-state index contributed by atoms with van der Waals surface area (Å²) >= 11 is 2.77. The molecule has 0 radical (unpaired) electrons. The molecule has 0 spiro atoms. The zero-order valence-electron chi connectivity index (χ0n) is 10.1. The van der Waals surface area contributed by atoms with E-state index >= 15 is 0 Å². The predicted octanol–water partition coefficient (Wildman–Crippen LogP) is 0.813. The molecule has 2 heterocycles. The highest BCUT2D eigenvalue weighted by Crippen LogP contribution is 2.26. The Balaban J connectivity index is 2.33. The molecule has 96 valence electrons. The van der Waals surface area contributed by atoms with E-state index in [1.807, 2.05) is 12.3 Å². The van der Waals surface area contributed by atoms with Gasteiger partial charge in [0.1, 0.15) is 10.8 Å². The lowest BCUT2D eigenvalue weighted by Crippen LogP contribution is -2.12. The maximum Gasteiger partial charge on any atom is 0.343 e. The number of H-pyrrole nitrogens is 1. The first-order valence-corrected chi connectivity index (χ1v) is 7.08. The Hall–Kier alpha value is -1.48. The van der Waals surface area contributed by atoms with Crippen molar-refractivity contribution < 1.29 is 0 Å². The summed E-state index contributed by atoms with van der Waals surface area (Å²) in [4.78, 5) is 19.9. The predicted molar refractivity (Wildman–Crippen MR) is 71.3 cm³/mol. The molecule has 2 N–H and O–H groups in total. The molecule has 2 aromatic heterocycles. The highest BCUT2D eigenvalue weighted by atomic mass is 32.2. The van der Waals surface area contributed by atoms with Crippen LogP contribution in [0.15, 0.2) is 26.2 Å². The summed E-state index contributed by atoms with van der Waals surface area (Å²) < 4.78 is 1.44. The van der Waals surface area contributed by atoms with E-state index in [0.29, 0.717) is 10.3 Å². The van der Waals surface area contributed by atoms with Gasteiger partial charge in [-0.3, -0.25) is 4.57 Å². The van der Waals surface area contributed by atoms with E-state index in [0.717, 1.165) is 10.8 Å². The van der Waals surface area contributed by atoms with Crippen LogP contribution in [0.4, 0.5) is 5.82 Å². The number of anilines is 1. The average Bonchev–Trinajstić information content (AvgIpc) is 2.70. The van der Waals surface area contributed by atoms with Crippen LogP contribution < -0.4 is 11.0 Å². The van der Waals surface area contributed by atoms with Gasteiger partial charge in [0.25, 0.3) is 0 Å². The summed E-state index contributed by atoms with van der Waals surface area (Å²) in [6.45, 7) is 0. The normalized spacial score (nSPS) is 10.6. The minimum atomic E-state index is -0.245. The summed E-state index contributed by atoms with van der Waals surface area (Å²) in [6, 6.07) is 1.81. The van der Waals surface area contributed by atoms with Crippen molar-refractivity contribution in [3.05, 3.63) is 16.6 Å². The minimum absolute atomic E-state index is 0.245. The van der Waals surface area contributed by atoms with Gasteiger partial charge >= 0.3 is 5.69 Å². The second-order valence-electron chi connectivity index (χ2n) is 3.30. The molecule has 18 heavy (non-hydrogen) atoms. The molecule has 2 aromatic rings. The molecule has 2 rings (SSSR count). The lowest BCUT2D eigenvalue weighted by molar-refractivity contribution is 0.763. The Kier molecular flexibility index (Phi) is 3.92. The van der Waals surface area contributed by atoms with Crippen LogP contribution in [0.5, 0.6) is 0 Å². The second kappa shape index (κ2) is 5.44. The van der Waals surface area contributed by atoms with Crippen LogP contribution in [-0.4, -0.2) is 38.0 Å². The van der Waals surface area contributed by atoms with Crippen molar-refractivity contribution in [1.82, 2.24) is 24.7 Å². The molecule has 7 nitrogen and oxygen atoms in total. The molecule has 0 saturated heterocycles. The first-order valence-electron chi connectivity index (χ1n) is 5.04. The first kappa shape index (κ1) is 13.0. The smallest absolute Gasteiger partial charge is 0.343 e. The standard InChI is InChI=1S/C9H12N6OS2/c1-10-5-4-6(12-7(11-5)17-3)18-9-14-13-8(16)15(9)2/h4H,1-3H3,(H,13,16)(H,10,11,12). The van der Waals surface area contributed by atoms with Crippen LogP contribution in [0.3, 0.4) is 0 Å². The summed E-state index contributed by atoms with van der Waals surface area (Å²) in [5, 5.41) is 11.3. The van der Waals surface area contributed by atoms with Crippen molar-refractivity contribution in [3.63, 3.8) is 0 Å². The summed E-state index contributed by atoms with van der Waals surface area (Å²) in [7, 11) is 3.45. The van der Waals surface area contributed by atoms with E-state index in [4.69, 9.17) is 0 Å². The van der Waals surface area contributed by atoms with E-state index < -0.39 is 0 Å². The fraction of sp³-hybridized carbons (Fsp3) is 0.333. The van der Waals surface area contributed by atoms with Crippen LogP contribution in [0.2, 0.25) is 0 Å². The van der Waals surface area contributed by atoms with Gasteiger partial charge in [-0.1, -0.05) is 11.8 Å². The Morgan fingerprint density at radius 2 is 2.22 bits per heavy atom. The van der Waals surface area contributed by atoms with Gasteiger partial charge in [0.2, 0.25) is 0 Å². The van der Waals surface area contributed by atoms with Gasteiger partial charge in [0.05, 0.1) is 0 Å². The van der Waals surface area contributed by atoms with E-state index in [2.05, 4.69) is 25.5 Å². The number of hydrogen-bond donors (Lipinski definition) is 2. The van der Waals surface area contributed by atoms with Gasteiger partial charge in [-0.25, -0.2) is 19.9 Å². The molecule has 0 unspecified atom stereocenters. The van der Waals surface area contributed by atoms with Crippen LogP contribution in [0.1, 0.15) is 0 Å². The number of rotatable bonds is 4. The van der Waals surface area contributed by atoms with Crippen molar-refractivity contribution >= 4 is 29.3 Å². The summed E-state index contributed by atoms with van der Waals surface area (Å²) in [6.07, 6.45) is 1.91. The molecule has 0 amide bonds. The number of thioether (sulfide) groups is 1. The quantitative estimate of drug-likeness (QED) is 0.488. The highest BCUT2D eigenvalue weighted by molar-refractivity contribution is 7.99. The molecule has 0 saturated carbocycles. The third kappa shape index (κ3) is 2.67. The van der Waals surface area contributed by atoms with Crippen molar-refractivity contribution in [2.75, 3.05) is 18.6 Å². The van der Waals surface area contributed by atoms with Crippen molar-refractivity contribution in [2.24, 2.45) is 7.05 Å². The van der Waals surface area contributed by atoms with Gasteiger partial charge in [-0.15, -0.1) is 5.10 Å². The van der Waals surface area contributed by atoms with Gasteiger partial charge in [0.15, 0.2) is 10.3 Å². The number of hydrogen-bond acceptors (Lipinski definition) is 7. The van der Waals surface area contributed by atoms with Crippen LogP contribution >= 0.6 is 23.5 Å². The Morgan fingerprint density at radius 3 is 2.78 bits per heavy atom. The van der Waals surface area contributed by atoms with Gasteiger partial charge in [-0.2, -0.15) is 0 Å². The molecule has 0 bridgehead atoms. The number of aromatic nitrogens is 5. The highest BCUT2D eigenvalue weighted by Gasteiger charge is 2.10. The van der Waals surface area contributed by atoms with Crippen molar-refractivity contribution in [2.45, 2.75) is 15.3 Å². The zero-order valence-corrected chi connectivity index (χ0v) is 11.7. The van der Waals surface area contributed by atoms with E-state index in [1.54, 1.807) is 14.1 Å². The largest absolute Gasteiger partial charge is 0.373 e. The third-order valence-corrected chi connectivity index (χ3v) is 3.67. The molecule has 0 aliphatic rings. The van der Waals surface area contributed by atoms with Gasteiger partial charge in [0, 0.05) is 20.2 Å². The summed E-state index contributed by atoms with van der Waals surface area (Å²) in [5.41, 5.74) is -0.245. The maximum atomic E-state index is 11.3. The Labute approximate surface area is 112 Å². The van der Waals surface area contributed by atoms with Gasteiger partial charge < -0.3 is 5.32 Å². The SMILES string of the molecule is CNc1cc(Sc2n[nH]c(=O)n2C)nc(SC)n1. The number of nitrogens with zero attached hydrogens (tertiary/aromatic N) is 4. The second-order valence-corrected chi connectivity index (χ2v) is 5.06. The average molecular weight is 284 g/mol. The topological polar surface area (TPSA) is 88.5 Å². The molecule has 0 fully saturated rings.